The molecule has 1 atom stereocenters. The quantitative estimate of drug-likeness (QED) is 0.788. The molecule has 1 unspecified atom stereocenters. The highest BCUT2D eigenvalue weighted by Gasteiger charge is 2.16. The van der Waals surface area contributed by atoms with Gasteiger partial charge in [0.25, 0.3) is 5.91 Å². The lowest BCUT2D eigenvalue weighted by Gasteiger charge is -2.18. The van der Waals surface area contributed by atoms with Gasteiger partial charge in [-0.1, -0.05) is 17.7 Å². The predicted molar refractivity (Wildman–Crippen MR) is 93.0 cm³/mol. The van der Waals surface area contributed by atoms with Crippen LogP contribution in [0.25, 0.3) is 0 Å². The van der Waals surface area contributed by atoms with Gasteiger partial charge in [-0.15, -0.1) is 0 Å². The summed E-state index contributed by atoms with van der Waals surface area (Å²) in [7, 11) is 1.59. The van der Waals surface area contributed by atoms with Crippen molar-refractivity contribution < 1.29 is 18.7 Å². The highest BCUT2D eigenvalue weighted by atomic mass is 79.9. The molecule has 2 N–H and O–H groups in total. The van der Waals surface area contributed by atoms with E-state index in [2.05, 4.69) is 26.6 Å². The molecule has 0 radical (unpaired) electrons. The van der Waals surface area contributed by atoms with Gasteiger partial charge in [0.05, 0.1) is 19.7 Å². The van der Waals surface area contributed by atoms with Gasteiger partial charge in [0, 0.05) is 5.56 Å². The van der Waals surface area contributed by atoms with Crippen LogP contribution in [0.1, 0.15) is 34.6 Å². The predicted octanol–water partition coefficient (Wildman–Crippen LogP) is 2.97. The van der Waals surface area contributed by atoms with E-state index in [0.717, 1.165) is 11.1 Å². The Hall–Kier alpha value is -2.28. The molecule has 6 nitrogen and oxygen atoms in total. The number of furan rings is 1. The molecule has 7 heteroatoms. The molecule has 2 aromatic rings. The van der Waals surface area contributed by atoms with Crippen LogP contribution in [0.5, 0.6) is 5.75 Å². The Bertz CT molecular complexity index is 742. The van der Waals surface area contributed by atoms with Gasteiger partial charge < -0.3 is 19.8 Å². The van der Waals surface area contributed by atoms with E-state index in [-0.39, 0.29) is 24.3 Å². The standard InChI is InChI=1S/C17H19BrN2O4/c1-10-4-5-13(23-3)12(8-10)11(2)20-16(21)9-19-17(22)14-6-7-15(18)24-14/h4-8,11H,9H2,1-3H3,(H,19,22)(H,20,21). The van der Waals surface area contributed by atoms with Crippen LogP contribution >= 0.6 is 15.9 Å². The summed E-state index contributed by atoms with van der Waals surface area (Å²) in [5.74, 6) is 0.0996. The van der Waals surface area contributed by atoms with E-state index in [9.17, 15) is 9.59 Å². The lowest BCUT2D eigenvalue weighted by molar-refractivity contribution is -0.120. The molecule has 0 bridgehead atoms. The molecule has 128 valence electrons. The van der Waals surface area contributed by atoms with E-state index in [1.165, 1.54) is 6.07 Å². The zero-order valence-electron chi connectivity index (χ0n) is 13.7. The number of halogens is 1. The molecule has 1 aromatic heterocycles. The Morgan fingerprint density at radius 2 is 2.04 bits per heavy atom. The zero-order chi connectivity index (χ0) is 17.7. The first-order valence-electron chi connectivity index (χ1n) is 7.38. The Morgan fingerprint density at radius 1 is 1.29 bits per heavy atom. The molecular weight excluding hydrogens is 376 g/mol. The third-order valence-corrected chi connectivity index (χ3v) is 3.86. The van der Waals surface area contributed by atoms with Crippen LogP contribution < -0.4 is 15.4 Å². The van der Waals surface area contributed by atoms with Crippen LogP contribution in [0.2, 0.25) is 0 Å². The van der Waals surface area contributed by atoms with Gasteiger partial charge in [0.15, 0.2) is 10.4 Å². The number of rotatable bonds is 6. The number of amides is 2. The average Bonchev–Trinajstić information content (AvgIpc) is 2.99. The number of methoxy groups -OCH3 is 1. The van der Waals surface area contributed by atoms with E-state index in [0.29, 0.717) is 10.4 Å². The summed E-state index contributed by atoms with van der Waals surface area (Å²) in [5, 5.41) is 5.35. The third-order valence-electron chi connectivity index (χ3n) is 3.44. The molecular formula is C17H19BrN2O4. The maximum absolute atomic E-state index is 12.0. The number of benzene rings is 1. The van der Waals surface area contributed by atoms with Crippen LogP contribution in [0.4, 0.5) is 0 Å². The number of hydrogen-bond donors (Lipinski definition) is 2. The molecule has 24 heavy (non-hydrogen) atoms. The van der Waals surface area contributed by atoms with E-state index >= 15 is 0 Å². The molecule has 0 fully saturated rings. The smallest absolute Gasteiger partial charge is 0.287 e. The van der Waals surface area contributed by atoms with Crippen molar-refractivity contribution in [2.24, 2.45) is 0 Å². The topological polar surface area (TPSA) is 80.6 Å². The minimum absolute atomic E-state index is 0.142. The van der Waals surface area contributed by atoms with Crippen molar-refractivity contribution in [2.75, 3.05) is 13.7 Å². The van der Waals surface area contributed by atoms with Gasteiger partial charge >= 0.3 is 0 Å². The fourth-order valence-electron chi connectivity index (χ4n) is 2.25. The number of nitrogens with one attached hydrogen (secondary N) is 2. The van der Waals surface area contributed by atoms with Crippen LogP contribution in [0, 0.1) is 6.92 Å². The summed E-state index contributed by atoms with van der Waals surface area (Å²) in [4.78, 5) is 23.9. The maximum Gasteiger partial charge on any atom is 0.287 e. The molecule has 2 rings (SSSR count). The second-order valence-electron chi connectivity index (χ2n) is 5.32. The normalized spacial score (nSPS) is 11.7. The van der Waals surface area contributed by atoms with Crippen molar-refractivity contribution in [1.82, 2.24) is 10.6 Å². The highest BCUT2D eigenvalue weighted by molar-refractivity contribution is 9.10. The fraction of sp³-hybridized carbons (Fsp3) is 0.294. The van der Waals surface area contributed by atoms with Crippen molar-refractivity contribution in [2.45, 2.75) is 19.9 Å². The van der Waals surface area contributed by atoms with E-state index in [4.69, 9.17) is 9.15 Å². The lowest BCUT2D eigenvalue weighted by Crippen LogP contribution is -2.38. The van der Waals surface area contributed by atoms with Gasteiger partial charge in [-0.3, -0.25) is 9.59 Å². The molecule has 0 aliphatic rings. The fourth-order valence-corrected chi connectivity index (χ4v) is 2.55. The summed E-state index contributed by atoms with van der Waals surface area (Å²) >= 11 is 3.12. The van der Waals surface area contributed by atoms with E-state index < -0.39 is 5.91 Å². The van der Waals surface area contributed by atoms with Crippen LogP contribution in [-0.4, -0.2) is 25.5 Å². The largest absolute Gasteiger partial charge is 0.496 e. The van der Waals surface area contributed by atoms with Gasteiger partial charge in [0.2, 0.25) is 5.91 Å². The van der Waals surface area contributed by atoms with Crippen molar-refractivity contribution in [1.29, 1.82) is 0 Å². The molecule has 2 amide bonds. The number of ether oxygens (including phenoxy) is 1. The number of carbonyl (C=O) groups excluding carboxylic acids is 2. The van der Waals surface area contributed by atoms with E-state index in [1.807, 2.05) is 32.0 Å². The molecule has 0 saturated carbocycles. The van der Waals surface area contributed by atoms with Crippen molar-refractivity contribution in [3.05, 3.63) is 51.9 Å². The third kappa shape index (κ3) is 4.61. The zero-order valence-corrected chi connectivity index (χ0v) is 15.3. The summed E-state index contributed by atoms with van der Waals surface area (Å²) in [6.07, 6.45) is 0. The molecule has 0 aliphatic carbocycles. The van der Waals surface area contributed by atoms with Crippen molar-refractivity contribution in [3.63, 3.8) is 0 Å². The van der Waals surface area contributed by atoms with Crippen LogP contribution in [-0.2, 0) is 4.79 Å². The number of aryl methyl sites for hydroxylation is 1. The summed E-state index contributed by atoms with van der Waals surface area (Å²) in [6, 6.07) is 8.66. The van der Waals surface area contributed by atoms with E-state index in [1.54, 1.807) is 13.2 Å². The van der Waals surface area contributed by atoms with Crippen molar-refractivity contribution >= 4 is 27.7 Å². The molecule has 0 aliphatic heterocycles. The second-order valence-corrected chi connectivity index (χ2v) is 6.10. The minimum Gasteiger partial charge on any atom is -0.496 e. The number of carbonyl (C=O) groups is 2. The van der Waals surface area contributed by atoms with Crippen molar-refractivity contribution in [3.8, 4) is 5.75 Å². The first kappa shape index (κ1) is 18.1. The Labute approximate surface area is 148 Å². The van der Waals surface area contributed by atoms with Gasteiger partial charge in [0.1, 0.15) is 5.75 Å². The molecule has 1 aromatic carbocycles. The first-order chi connectivity index (χ1) is 11.4. The second kappa shape index (κ2) is 8.01. The average molecular weight is 395 g/mol. The summed E-state index contributed by atoms with van der Waals surface area (Å²) < 4.78 is 10.9. The molecule has 0 spiro atoms. The van der Waals surface area contributed by atoms with Crippen LogP contribution in [0.3, 0.4) is 0 Å². The van der Waals surface area contributed by atoms with Gasteiger partial charge in [-0.2, -0.15) is 0 Å². The monoisotopic (exact) mass is 394 g/mol. The summed E-state index contributed by atoms with van der Waals surface area (Å²) in [6.45, 7) is 3.69. The molecule has 1 heterocycles. The van der Waals surface area contributed by atoms with Gasteiger partial charge in [-0.25, -0.2) is 0 Å². The Morgan fingerprint density at radius 3 is 2.67 bits per heavy atom. The number of hydrogen-bond acceptors (Lipinski definition) is 4. The Balaban J connectivity index is 1.92. The minimum atomic E-state index is -0.448. The lowest BCUT2D eigenvalue weighted by atomic mass is 10.0. The van der Waals surface area contributed by atoms with Gasteiger partial charge in [-0.05, 0) is 48.0 Å². The Kier molecular flexibility index (Phi) is 6.03. The van der Waals surface area contributed by atoms with Crippen LogP contribution in [0.15, 0.2) is 39.4 Å². The maximum atomic E-state index is 12.0. The molecule has 0 saturated heterocycles. The highest BCUT2D eigenvalue weighted by Crippen LogP contribution is 2.25. The SMILES string of the molecule is COc1ccc(C)cc1C(C)NC(=O)CNC(=O)c1ccc(Br)o1. The first-order valence-corrected chi connectivity index (χ1v) is 8.17. The summed E-state index contributed by atoms with van der Waals surface area (Å²) in [5.41, 5.74) is 1.95.